The van der Waals surface area contributed by atoms with E-state index in [1.807, 2.05) is 0 Å². The molecule has 0 saturated heterocycles. The van der Waals surface area contributed by atoms with Crippen LogP contribution >= 0.6 is 0 Å². The summed E-state index contributed by atoms with van der Waals surface area (Å²) in [7, 11) is 23.0. The molecule has 1 unspecified atom stereocenters. The largest absolute Gasteiger partial charge is 0.378 e. The van der Waals surface area contributed by atoms with Crippen LogP contribution in [0.3, 0.4) is 0 Å². The summed E-state index contributed by atoms with van der Waals surface area (Å²) in [6, 6.07) is 21.6. The smallest absolute Gasteiger partial charge is 0.183 e. The molecule has 4 rings (SSSR count). The molecule has 3 aromatic carbocycles. The van der Waals surface area contributed by atoms with Crippen LogP contribution in [0.5, 0.6) is 0 Å². The van der Waals surface area contributed by atoms with Crippen LogP contribution in [-0.2, 0) is 0 Å². The van der Waals surface area contributed by atoms with E-state index < -0.39 is 8.07 Å². The summed E-state index contributed by atoms with van der Waals surface area (Å²) in [4.78, 5) is 13.6. The second kappa shape index (κ2) is 13.1. The zero-order chi connectivity index (χ0) is 34.4. The number of nitrogens with zero attached hydrogens (tertiary/aromatic N) is 6. The third-order valence-electron chi connectivity index (χ3n) is 10.2. The van der Waals surface area contributed by atoms with Crippen molar-refractivity contribution in [2.75, 3.05) is 114 Å². The van der Waals surface area contributed by atoms with Crippen LogP contribution in [-0.4, -0.2) is 92.6 Å². The number of rotatable bonds is 10. The maximum Gasteiger partial charge on any atom is 0.183 e. The lowest BCUT2D eigenvalue weighted by Crippen LogP contribution is -2.71. The van der Waals surface area contributed by atoms with Crippen molar-refractivity contribution in [3.63, 3.8) is 0 Å². The average molecular weight is 639 g/mol. The molecule has 248 valence electrons. The number of hydrogen-bond acceptors (Lipinski definition) is 6. The number of anilines is 6. The topological polar surface area (TPSA) is 19.4 Å². The third kappa shape index (κ3) is 5.79. The molecule has 0 aromatic heterocycles. The summed E-state index contributed by atoms with van der Waals surface area (Å²) in [5, 5.41) is 5.86. The van der Waals surface area contributed by atoms with Gasteiger partial charge in [-0.05, 0) is 84.2 Å². The molecule has 0 radical (unpaired) electrons. The van der Waals surface area contributed by atoms with Crippen molar-refractivity contribution in [1.82, 2.24) is 0 Å². The fourth-order valence-corrected chi connectivity index (χ4v) is 13.7. The maximum absolute atomic E-state index is 3.04. The number of benzene rings is 3. The van der Waals surface area contributed by atoms with E-state index in [4.69, 9.17) is 0 Å². The van der Waals surface area contributed by atoms with Gasteiger partial charge in [0.2, 0.25) is 0 Å². The van der Waals surface area contributed by atoms with Crippen LogP contribution in [0.25, 0.3) is 0 Å². The van der Waals surface area contributed by atoms with E-state index in [1.165, 1.54) is 66.4 Å². The van der Waals surface area contributed by atoms with E-state index in [0.29, 0.717) is 5.92 Å². The Bertz CT molecular complexity index is 1510. The van der Waals surface area contributed by atoms with Crippen molar-refractivity contribution in [2.45, 2.75) is 27.7 Å². The zero-order valence-electron chi connectivity index (χ0n) is 31.5. The first-order chi connectivity index (χ1) is 21.5. The number of hydrogen-bond donors (Lipinski definition) is 0. The van der Waals surface area contributed by atoms with Crippen molar-refractivity contribution >= 4 is 57.8 Å². The van der Waals surface area contributed by atoms with Gasteiger partial charge in [-0.2, -0.15) is 0 Å². The Morgan fingerprint density at radius 2 is 0.739 bits per heavy atom. The molecule has 0 saturated carbocycles. The molecule has 0 aliphatic heterocycles. The highest BCUT2D eigenvalue weighted by Gasteiger charge is 2.52. The first kappa shape index (κ1) is 35.0. The van der Waals surface area contributed by atoms with Crippen molar-refractivity contribution < 1.29 is 0 Å². The molecular formula is C39H58N6Si. The van der Waals surface area contributed by atoms with Gasteiger partial charge in [-0.15, -0.1) is 0 Å². The minimum atomic E-state index is -3.04. The normalized spacial score (nSPS) is 15.0. The summed E-state index contributed by atoms with van der Waals surface area (Å²) in [5.74, 6) is 0.308. The van der Waals surface area contributed by atoms with Crippen LogP contribution in [0, 0.1) is 5.92 Å². The van der Waals surface area contributed by atoms with Gasteiger partial charge in [-0.25, -0.2) is 0 Å². The van der Waals surface area contributed by atoms with Crippen LogP contribution < -0.4 is 45.0 Å². The highest BCUT2D eigenvalue weighted by atomic mass is 28.3. The molecule has 3 aromatic rings. The molecule has 0 spiro atoms. The van der Waals surface area contributed by atoms with Crippen LogP contribution in [0.1, 0.15) is 27.7 Å². The van der Waals surface area contributed by atoms with E-state index in [0.717, 1.165) is 0 Å². The van der Waals surface area contributed by atoms with Crippen molar-refractivity contribution in [3.05, 3.63) is 76.5 Å². The Hall–Kier alpha value is -3.84. The molecule has 46 heavy (non-hydrogen) atoms. The predicted octanol–water partition coefficient (Wildman–Crippen LogP) is 5.39. The highest BCUT2D eigenvalue weighted by Crippen LogP contribution is 2.44. The number of allylic oxidation sites excluding steroid dienone is 4. The lowest BCUT2D eigenvalue weighted by atomic mass is 10.1. The van der Waals surface area contributed by atoms with Gasteiger partial charge in [0.25, 0.3) is 0 Å². The van der Waals surface area contributed by atoms with E-state index in [1.54, 1.807) is 5.20 Å². The molecule has 6 nitrogen and oxygen atoms in total. The first-order valence-corrected chi connectivity index (χ1v) is 18.3. The minimum absolute atomic E-state index is 0.308. The van der Waals surface area contributed by atoms with Gasteiger partial charge in [0.05, 0.1) is 0 Å². The Morgan fingerprint density at radius 3 is 0.957 bits per heavy atom. The predicted molar refractivity (Wildman–Crippen MR) is 210 cm³/mol. The molecule has 1 atom stereocenters. The van der Waals surface area contributed by atoms with Gasteiger partial charge in [0.1, 0.15) is 0 Å². The Balaban J connectivity index is 2.41. The molecule has 1 aliphatic carbocycles. The fourth-order valence-electron chi connectivity index (χ4n) is 7.30. The van der Waals surface area contributed by atoms with Crippen molar-refractivity contribution in [3.8, 4) is 0 Å². The van der Waals surface area contributed by atoms with E-state index >= 15 is 0 Å². The van der Waals surface area contributed by atoms with Gasteiger partial charge in [-0.3, -0.25) is 0 Å². The summed E-state index contributed by atoms with van der Waals surface area (Å²) in [5.41, 5.74) is 11.8. The molecule has 7 heteroatoms. The van der Waals surface area contributed by atoms with Crippen molar-refractivity contribution in [1.29, 1.82) is 0 Å². The van der Waals surface area contributed by atoms with Gasteiger partial charge in [0.15, 0.2) is 8.07 Å². The van der Waals surface area contributed by atoms with Crippen LogP contribution in [0.4, 0.5) is 34.1 Å². The highest BCUT2D eigenvalue weighted by molar-refractivity contribution is 7.18. The zero-order valence-corrected chi connectivity index (χ0v) is 32.5. The maximum atomic E-state index is 2.46. The SMILES string of the molecule is CC1=C(C)C(C)C([Si](c2ccc(N(C)C)cc2N(C)C)(c2ccc(N(C)C)cc2N(C)C)c2ccc(N(C)C)cc2N(C)C)=C1C. The Kier molecular flexibility index (Phi) is 9.98. The van der Waals surface area contributed by atoms with Gasteiger partial charge in [0, 0.05) is 119 Å². The molecule has 0 N–H and O–H groups in total. The fraction of sp³-hybridized carbons (Fsp3) is 0.436. The molecule has 0 fully saturated rings. The second-order valence-corrected chi connectivity index (χ2v) is 17.9. The standard InChI is InChI=1S/C39H58N6Si/c1-26-27(2)29(4)39(28(26)3)46(36-20-17-30(40(5)6)23-33(36)43(11)12,37-21-18-31(41(7)8)24-34(37)44(13)14)38-22-19-32(42(9)10)25-35(38)45(15)16/h17-25,28H,1-16H3. The van der Waals surface area contributed by atoms with E-state index in [-0.39, 0.29) is 0 Å². The first-order valence-electron chi connectivity index (χ1n) is 16.3. The second-order valence-electron chi connectivity index (χ2n) is 14.3. The summed E-state index contributed by atoms with van der Waals surface area (Å²) in [6.07, 6.45) is 0. The minimum Gasteiger partial charge on any atom is -0.378 e. The summed E-state index contributed by atoms with van der Waals surface area (Å²) >= 11 is 0. The summed E-state index contributed by atoms with van der Waals surface area (Å²) in [6.45, 7) is 9.51. The Labute approximate surface area is 281 Å². The molecular weight excluding hydrogens is 581 g/mol. The van der Waals surface area contributed by atoms with Crippen molar-refractivity contribution in [2.24, 2.45) is 5.92 Å². The van der Waals surface area contributed by atoms with Crippen LogP contribution in [0.15, 0.2) is 76.5 Å². The third-order valence-corrected chi connectivity index (χ3v) is 15.5. The van der Waals surface area contributed by atoms with Gasteiger partial charge in [-0.1, -0.05) is 41.5 Å². The van der Waals surface area contributed by atoms with E-state index in [9.17, 15) is 0 Å². The molecule has 0 amide bonds. The van der Waals surface area contributed by atoms with Gasteiger partial charge >= 0.3 is 0 Å². The molecule has 1 aliphatic rings. The lowest BCUT2D eigenvalue weighted by molar-refractivity contribution is 0.851. The Morgan fingerprint density at radius 1 is 0.435 bits per heavy atom. The quantitative estimate of drug-likeness (QED) is 0.218. The summed E-state index contributed by atoms with van der Waals surface area (Å²) < 4.78 is 0. The lowest BCUT2D eigenvalue weighted by Gasteiger charge is -2.44. The van der Waals surface area contributed by atoms with E-state index in [2.05, 4.69) is 196 Å². The van der Waals surface area contributed by atoms with Gasteiger partial charge < -0.3 is 29.4 Å². The monoisotopic (exact) mass is 638 g/mol. The molecule has 0 heterocycles. The average Bonchev–Trinajstić information content (AvgIpc) is 3.19. The molecule has 0 bridgehead atoms. The van der Waals surface area contributed by atoms with Crippen LogP contribution in [0.2, 0.25) is 0 Å².